The fourth-order valence-electron chi connectivity index (χ4n) is 3.17. The lowest BCUT2D eigenvalue weighted by molar-refractivity contribution is 0.0343. The van der Waals surface area contributed by atoms with Crippen molar-refractivity contribution in [1.82, 2.24) is 10.2 Å². The number of benzene rings is 2. The maximum atomic E-state index is 8.98. The van der Waals surface area contributed by atoms with Crippen LogP contribution in [-0.2, 0) is 17.9 Å². The van der Waals surface area contributed by atoms with E-state index in [0.29, 0.717) is 18.2 Å². The zero-order valence-electron chi connectivity index (χ0n) is 15.9. The molecule has 1 atom stereocenters. The normalized spacial score (nSPS) is 15.9. The fourth-order valence-corrected chi connectivity index (χ4v) is 3.17. The lowest BCUT2D eigenvalue weighted by Crippen LogP contribution is -2.44. The summed E-state index contributed by atoms with van der Waals surface area (Å²) in [6.45, 7) is 8.23. The van der Waals surface area contributed by atoms with Gasteiger partial charge in [0.15, 0.2) is 0 Å². The summed E-state index contributed by atoms with van der Waals surface area (Å²) in [6.07, 6.45) is 0. The molecule has 27 heavy (non-hydrogen) atoms. The predicted molar refractivity (Wildman–Crippen MR) is 105 cm³/mol. The number of rotatable bonds is 8. The topological polar surface area (TPSA) is 57.5 Å². The minimum Gasteiger partial charge on any atom is -0.489 e. The highest BCUT2D eigenvalue weighted by molar-refractivity contribution is 5.33. The average Bonchev–Trinajstić information content (AvgIpc) is 2.72. The van der Waals surface area contributed by atoms with Crippen LogP contribution in [0.25, 0.3) is 0 Å². The number of hydrogen-bond acceptors (Lipinski definition) is 5. The molecule has 2 aromatic rings. The molecule has 0 spiro atoms. The molecule has 3 rings (SSSR count). The Kier molecular flexibility index (Phi) is 7.23. The summed E-state index contributed by atoms with van der Waals surface area (Å²) >= 11 is 0. The number of nitrogens with zero attached hydrogens (tertiary/aromatic N) is 2. The largest absolute Gasteiger partial charge is 0.489 e. The number of morpholine rings is 1. The highest BCUT2D eigenvalue weighted by atomic mass is 16.5. The van der Waals surface area contributed by atoms with E-state index in [1.807, 2.05) is 30.3 Å². The summed E-state index contributed by atoms with van der Waals surface area (Å²) in [7, 11) is 0. The van der Waals surface area contributed by atoms with Crippen LogP contribution in [0.3, 0.4) is 0 Å². The lowest BCUT2D eigenvalue weighted by atomic mass is 10.1. The van der Waals surface area contributed by atoms with Crippen molar-refractivity contribution < 1.29 is 9.47 Å². The maximum absolute atomic E-state index is 8.98. The number of ether oxygens (including phenoxy) is 2. The van der Waals surface area contributed by atoms with Crippen molar-refractivity contribution in [2.75, 3.05) is 32.8 Å². The van der Waals surface area contributed by atoms with Crippen molar-refractivity contribution >= 4 is 0 Å². The van der Waals surface area contributed by atoms with Crippen LogP contribution in [-0.4, -0.2) is 43.8 Å². The van der Waals surface area contributed by atoms with E-state index in [9.17, 15) is 0 Å². The van der Waals surface area contributed by atoms with Crippen molar-refractivity contribution in [3.63, 3.8) is 0 Å². The highest BCUT2D eigenvalue weighted by Crippen LogP contribution is 2.16. The van der Waals surface area contributed by atoms with Gasteiger partial charge in [-0.2, -0.15) is 5.26 Å². The van der Waals surface area contributed by atoms with Gasteiger partial charge >= 0.3 is 0 Å². The van der Waals surface area contributed by atoms with Crippen molar-refractivity contribution in [1.29, 1.82) is 5.26 Å². The van der Waals surface area contributed by atoms with E-state index in [1.165, 1.54) is 5.56 Å². The third-order valence-electron chi connectivity index (χ3n) is 4.65. The molecule has 142 valence electrons. The smallest absolute Gasteiger partial charge is 0.120 e. The van der Waals surface area contributed by atoms with Gasteiger partial charge in [-0.15, -0.1) is 0 Å². The monoisotopic (exact) mass is 365 g/mol. The molecule has 5 nitrogen and oxygen atoms in total. The summed E-state index contributed by atoms with van der Waals surface area (Å²) in [4.78, 5) is 2.44. The van der Waals surface area contributed by atoms with Gasteiger partial charge in [-0.1, -0.05) is 24.3 Å². The van der Waals surface area contributed by atoms with Crippen LogP contribution in [0.2, 0.25) is 0 Å². The number of nitrogens with one attached hydrogen (secondary N) is 1. The molecule has 1 unspecified atom stereocenters. The van der Waals surface area contributed by atoms with E-state index in [1.54, 1.807) is 6.07 Å². The van der Waals surface area contributed by atoms with E-state index >= 15 is 0 Å². The molecule has 2 aromatic carbocycles. The Hall–Kier alpha value is -2.39. The Morgan fingerprint density at radius 1 is 1.15 bits per heavy atom. The first-order valence-corrected chi connectivity index (χ1v) is 9.47. The van der Waals surface area contributed by atoms with Gasteiger partial charge in [-0.25, -0.2) is 0 Å². The molecule has 1 heterocycles. The molecule has 1 aliphatic heterocycles. The van der Waals surface area contributed by atoms with Gasteiger partial charge in [0.25, 0.3) is 0 Å². The zero-order chi connectivity index (χ0) is 18.9. The molecule has 0 saturated carbocycles. The Labute approximate surface area is 161 Å². The standard InChI is InChI=1S/C22H27N3O2/c1-18(16-25-8-10-26-11-9-25)24-15-20-5-3-7-22(13-20)27-17-21-6-2-4-19(12-21)14-23/h2-7,12-13,18,24H,8-11,15-17H2,1H3. The molecule has 0 aromatic heterocycles. The van der Waals surface area contributed by atoms with Gasteiger partial charge in [0.2, 0.25) is 0 Å². The first kappa shape index (κ1) is 19.4. The first-order valence-electron chi connectivity index (χ1n) is 9.47. The Balaban J connectivity index is 1.47. The SMILES string of the molecule is CC(CN1CCOCC1)NCc1cccc(OCc2cccc(C#N)c2)c1. The second kappa shape index (κ2) is 10.1. The van der Waals surface area contributed by atoms with Gasteiger partial charge < -0.3 is 14.8 Å². The zero-order valence-corrected chi connectivity index (χ0v) is 15.9. The Morgan fingerprint density at radius 3 is 2.74 bits per heavy atom. The van der Waals surface area contributed by atoms with Gasteiger partial charge in [-0.3, -0.25) is 4.90 Å². The second-order valence-electron chi connectivity index (χ2n) is 6.94. The van der Waals surface area contributed by atoms with Crippen LogP contribution >= 0.6 is 0 Å². The van der Waals surface area contributed by atoms with Gasteiger partial charge in [-0.05, 0) is 42.3 Å². The summed E-state index contributed by atoms with van der Waals surface area (Å²) < 4.78 is 11.3. The maximum Gasteiger partial charge on any atom is 0.120 e. The number of hydrogen-bond donors (Lipinski definition) is 1. The van der Waals surface area contributed by atoms with Crippen LogP contribution < -0.4 is 10.1 Å². The molecule has 1 N–H and O–H groups in total. The Morgan fingerprint density at radius 2 is 1.93 bits per heavy atom. The molecule has 0 amide bonds. The van der Waals surface area contributed by atoms with Crippen molar-refractivity contribution in [2.24, 2.45) is 0 Å². The van der Waals surface area contributed by atoms with E-state index < -0.39 is 0 Å². The van der Waals surface area contributed by atoms with Gasteiger partial charge in [0.1, 0.15) is 12.4 Å². The molecular formula is C22H27N3O2. The third kappa shape index (κ3) is 6.37. The van der Waals surface area contributed by atoms with Crippen LogP contribution in [0.4, 0.5) is 0 Å². The minimum atomic E-state index is 0.418. The van der Waals surface area contributed by atoms with Gasteiger partial charge in [0.05, 0.1) is 24.8 Å². The van der Waals surface area contributed by atoms with Crippen molar-refractivity contribution in [3.05, 3.63) is 65.2 Å². The van der Waals surface area contributed by atoms with E-state index in [-0.39, 0.29) is 0 Å². The van der Waals surface area contributed by atoms with Crippen molar-refractivity contribution in [2.45, 2.75) is 26.1 Å². The minimum absolute atomic E-state index is 0.418. The summed E-state index contributed by atoms with van der Waals surface area (Å²) in [6, 6.07) is 18.3. The summed E-state index contributed by atoms with van der Waals surface area (Å²) in [5.74, 6) is 0.845. The first-order chi connectivity index (χ1) is 13.2. The van der Waals surface area contributed by atoms with Crippen LogP contribution in [0.15, 0.2) is 48.5 Å². The van der Waals surface area contributed by atoms with Crippen LogP contribution in [0.1, 0.15) is 23.6 Å². The van der Waals surface area contributed by atoms with Crippen molar-refractivity contribution in [3.8, 4) is 11.8 Å². The quantitative estimate of drug-likeness (QED) is 0.779. The second-order valence-corrected chi connectivity index (χ2v) is 6.94. The molecule has 1 fully saturated rings. The predicted octanol–water partition coefficient (Wildman–Crippen LogP) is 2.95. The number of nitriles is 1. The van der Waals surface area contributed by atoms with Gasteiger partial charge in [0, 0.05) is 32.2 Å². The molecule has 0 bridgehead atoms. The molecule has 1 saturated heterocycles. The molecule has 5 heteroatoms. The molecular weight excluding hydrogens is 338 g/mol. The fraction of sp³-hybridized carbons (Fsp3) is 0.409. The Bertz CT molecular complexity index is 766. The molecule has 0 radical (unpaired) electrons. The summed E-state index contributed by atoms with van der Waals surface area (Å²) in [5.41, 5.74) is 2.85. The average molecular weight is 365 g/mol. The lowest BCUT2D eigenvalue weighted by Gasteiger charge is -2.29. The van der Waals surface area contributed by atoms with E-state index in [2.05, 4.69) is 35.3 Å². The van der Waals surface area contributed by atoms with E-state index in [0.717, 1.165) is 50.7 Å². The summed E-state index contributed by atoms with van der Waals surface area (Å²) in [5, 5.41) is 12.6. The molecule has 0 aliphatic carbocycles. The van der Waals surface area contributed by atoms with E-state index in [4.69, 9.17) is 14.7 Å². The highest BCUT2D eigenvalue weighted by Gasteiger charge is 2.13. The van der Waals surface area contributed by atoms with Crippen LogP contribution in [0, 0.1) is 11.3 Å². The van der Waals surface area contributed by atoms with Crippen LogP contribution in [0.5, 0.6) is 5.75 Å². The molecule has 1 aliphatic rings. The third-order valence-corrected chi connectivity index (χ3v) is 4.65.